The Morgan fingerprint density at radius 1 is 0.771 bits per heavy atom. The highest BCUT2D eigenvalue weighted by Crippen LogP contribution is 2.26. The lowest BCUT2D eigenvalue weighted by atomic mass is 10.2. The Kier molecular flexibility index (Phi) is 12.8. The molecule has 35 heavy (non-hydrogen) atoms. The van der Waals surface area contributed by atoms with Crippen LogP contribution in [-0.2, 0) is 19.1 Å². The molecular formula is C27H30O7S. The fraction of sp³-hybridized carbons (Fsp3) is 0.296. The van der Waals surface area contributed by atoms with Crippen molar-refractivity contribution in [2.75, 3.05) is 19.8 Å². The van der Waals surface area contributed by atoms with E-state index < -0.39 is 5.97 Å². The third-order valence-corrected chi connectivity index (χ3v) is 5.53. The first-order valence-corrected chi connectivity index (χ1v) is 12.1. The second kappa shape index (κ2) is 16.2. The van der Waals surface area contributed by atoms with Gasteiger partial charge in [-0.1, -0.05) is 13.2 Å². The zero-order valence-electron chi connectivity index (χ0n) is 19.6. The normalized spacial score (nSPS) is 10.2. The molecule has 0 aliphatic heterocycles. The topological polar surface area (TPSA) is 88.1 Å². The molecule has 0 fully saturated rings. The number of rotatable bonds is 16. The monoisotopic (exact) mass is 498 g/mol. The molecule has 0 saturated heterocycles. The Balaban J connectivity index is 1.67. The van der Waals surface area contributed by atoms with Crippen LogP contribution in [-0.4, -0.2) is 36.9 Å². The molecule has 0 saturated carbocycles. The van der Waals surface area contributed by atoms with Crippen LogP contribution in [0.3, 0.4) is 0 Å². The summed E-state index contributed by atoms with van der Waals surface area (Å²) in [5, 5.41) is -0.0688. The minimum absolute atomic E-state index is 0.0688. The van der Waals surface area contributed by atoms with Gasteiger partial charge in [0.05, 0.1) is 26.1 Å². The van der Waals surface area contributed by atoms with Crippen LogP contribution in [0.4, 0.5) is 0 Å². The molecule has 0 aromatic heterocycles. The van der Waals surface area contributed by atoms with E-state index in [2.05, 4.69) is 17.9 Å². The van der Waals surface area contributed by atoms with Crippen LogP contribution in [0.1, 0.15) is 42.5 Å². The van der Waals surface area contributed by atoms with Crippen LogP contribution in [0.5, 0.6) is 11.5 Å². The van der Waals surface area contributed by atoms with Gasteiger partial charge in [0.15, 0.2) is 0 Å². The second-order valence-corrected chi connectivity index (χ2v) is 8.32. The summed E-state index contributed by atoms with van der Waals surface area (Å²) < 4.78 is 20.9. The number of carbonyl (C=O) groups excluding carboxylic acids is 3. The summed E-state index contributed by atoms with van der Waals surface area (Å²) in [4.78, 5) is 35.6. The van der Waals surface area contributed by atoms with Crippen LogP contribution in [0.25, 0.3) is 0 Å². The van der Waals surface area contributed by atoms with Crippen molar-refractivity contribution in [3.8, 4) is 11.5 Å². The maximum absolute atomic E-state index is 12.6. The predicted octanol–water partition coefficient (Wildman–Crippen LogP) is 5.74. The summed E-state index contributed by atoms with van der Waals surface area (Å²) in [6.07, 6.45) is 5.61. The van der Waals surface area contributed by atoms with Crippen molar-refractivity contribution in [3.63, 3.8) is 0 Å². The lowest BCUT2D eigenvalue weighted by Crippen LogP contribution is -2.06. The Morgan fingerprint density at radius 2 is 1.40 bits per heavy atom. The number of thioether (sulfide) groups is 1. The molecular weight excluding hydrogens is 468 g/mol. The Labute approximate surface area is 210 Å². The molecule has 0 spiro atoms. The third-order valence-electron chi connectivity index (χ3n) is 4.60. The number of unbranched alkanes of at least 4 members (excludes halogenated alkanes) is 2. The van der Waals surface area contributed by atoms with E-state index in [1.165, 1.54) is 0 Å². The molecule has 7 nitrogen and oxygen atoms in total. The summed E-state index contributed by atoms with van der Waals surface area (Å²) in [7, 11) is 0. The maximum atomic E-state index is 12.6. The van der Waals surface area contributed by atoms with E-state index in [1.807, 2.05) is 12.1 Å². The van der Waals surface area contributed by atoms with Gasteiger partial charge in [0.25, 0.3) is 0 Å². The van der Waals surface area contributed by atoms with Gasteiger partial charge < -0.3 is 18.9 Å². The van der Waals surface area contributed by atoms with E-state index in [-0.39, 0.29) is 17.7 Å². The van der Waals surface area contributed by atoms with Crippen molar-refractivity contribution in [2.45, 2.75) is 37.0 Å². The van der Waals surface area contributed by atoms with Gasteiger partial charge in [-0.2, -0.15) is 0 Å². The van der Waals surface area contributed by atoms with Gasteiger partial charge in [-0.15, -0.1) is 0 Å². The number of esters is 2. The number of ether oxygens (including phenoxy) is 4. The quantitative estimate of drug-likeness (QED) is 0.0951. The van der Waals surface area contributed by atoms with E-state index in [1.54, 1.807) is 36.4 Å². The number of hydrogen-bond donors (Lipinski definition) is 0. The van der Waals surface area contributed by atoms with E-state index in [4.69, 9.17) is 14.2 Å². The van der Waals surface area contributed by atoms with Crippen LogP contribution in [0.15, 0.2) is 78.9 Å². The van der Waals surface area contributed by atoms with Crippen molar-refractivity contribution in [2.24, 2.45) is 0 Å². The molecule has 2 aromatic rings. The van der Waals surface area contributed by atoms with Crippen molar-refractivity contribution in [3.05, 3.63) is 79.6 Å². The van der Waals surface area contributed by atoms with Crippen LogP contribution < -0.4 is 9.47 Å². The number of hydrogen-bond acceptors (Lipinski definition) is 8. The second-order valence-electron chi connectivity index (χ2n) is 7.27. The molecule has 0 atom stereocenters. The molecule has 0 aliphatic rings. The SMILES string of the molecule is C=COC(=O)CCCCCOc1ccc(C(=O)Sc2ccc(OCCCOC(=O)C=C)cc2)cc1. The van der Waals surface area contributed by atoms with Crippen molar-refractivity contribution in [1.29, 1.82) is 0 Å². The fourth-order valence-corrected chi connectivity index (χ4v) is 3.57. The Bertz CT molecular complexity index is 968. The standard InChI is InChI=1S/C27H30O7S/c1-3-25(28)34-20-8-19-33-23-14-16-24(17-15-23)35-27(30)21-10-12-22(13-11-21)32-18-7-5-6-9-26(29)31-4-2/h3-4,10-17H,1-2,5-9,18-20H2. The smallest absolute Gasteiger partial charge is 0.330 e. The molecule has 2 aromatic carbocycles. The molecule has 2 rings (SSSR count). The highest BCUT2D eigenvalue weighted by Gasteiger charge is 2.09. The van der Waals surface area contributed by atoms with Crippen molar-refractivity contribution >= 4 is 28.8 Å². The van der Waals surface area contributed by atoms with Crippen LogP contribution in [0.2, 0.25) is 0 Å². The summed E-state index contributed by atoms with van der Waals surface area (Å²) >= 11 is 1.14. The first-order chi connectivity index (χ1) is 17.0. The van der Waals surface area contributed by atoms with Crippen LogP contribution >= 0.6 is 11.8 Å². The largest absolute Gasteiger partial charge is 0.494 e. The van der Waals surface area contributed by atoms with Gasteiger partial charge in [-0.3, -0.25) is 9.59 Å². The lowest BCUT2D eigenvalue weighted by molar-refractivity contribution is -0.138. The highest BCUT2D eigenvalue weighted by molar-refractivity contribution is 8.14. The van der Waals surface area contributed by atoms with Gasteiger partial charge in [0, 0.05) is 29.4 Å². The van der Waals surface area contributed by atoms with Crippen molar-refractivity contribution in [1.82, 2.24) is 0 Å². The Hall–Kier alpha value is -3.52. The molecule has 0 bridgehead atoms. The average Bonchev–Trinajstić information content (AvgIpc) is 2.87. The highest BCUT2D eigenvalue weighted by atomic mass is 32.2. The molecule has 0 radical (unpaired) electrons. The van der Waals surface area contributed by atoms with E-state index >= 15 is 0 Å². The zero-order chi connectivity index (χ0) is 25.3. The molecule has 0 unspecified atom stereocenters. The van der Waals surface area contributed by atoms with E-state index in [0.29, 0.717) is 43.1 Å². The molecule has 0 N–H and O–H groups in total. The van der Waals surface area contributed by atoms with Gasteiger partial charge >= 0.3 is 11.9 Å². The van der Waals surface area contributed by atoms with Gasteiger partial charge in [-0.05, 0) is 79.6 Å². The minimum Gasteiger partial charge on any atom is -0.494 e. The molecule has 0 amide bonds. The minimum atomic E-state index is -0.449. The van der Waals surface area contributed by atoms with E-state index in [0.717, 1.165) is 48.3 Å². The summed E-state index contributed by atoms with van der Waals surface area (Å²) in [5.74, 6) is 0.646. The molecule has 0 heterocycles. The van der Waals surface area contributed by atoms with Crippen molar-refractivity contribution < 1.29 is 33.3 Å². The van der Waals surface area contributed by atoms with Crippen LogP contribution in [0, 0.1) is 0 Å². The van der Waals surface area contributed by atoms with Gasteiger partial charge in [0.2, 0.25) is 5.12 Å². The molecule has 8 heteroatoms. The molecule has 186 valence electrons. The summed E-state index contributed by atoms with van der Waals surface area (Å²) in [5.41, 5.74) is 0.581. The third kappa shape index (κ3) is 11.4. The first kappa shape index (κ1) is 27.7. The number of benzene rings is 2. The average molecular weight is 499 g/mol. The first-order valence-electron chi connectivity index (χ1n) is 11.3. The lowest BCUT2D eigenvalue weighted by Gasteiger charge is -2.08. The van der Waals surface area contributed by atoms with Gasteiger partial charge in [0.1, 0.15) is 11.5 Å². The van der Waals surface area contributed by atoms with Gasteiger partial charge in [-0.25, -0.2) is 4.79 Å². The fourth-order valence-electron chi connectivity index (χ4n) is 2.83. The predicted molar refractivity (Wildman–Crippen MR) is 135 cm³/mol. The summed E-state index contributed by atoms with van der Waals surface area (Å²) in [6, 6.07) is 14.3. The molecule has 0 aliphatic carbocycles. The van der Waals surface area contributed by atoms with E-state index in [9.17, 15) is 14.4 Å². The summed E-state index contributed by atoms with van der Waals surface area (Å²) in [6.45, 7) is 7.90. The Morgan fingerprint density at radius 3 is 2.03 bits per heavy atom. The zero-order valence-corrected chi connectivity index (χ0v) is 20.4. The maximum Gasteiger partial charge on any atom is 0.330 e. The number of carbonyl (C=O) groups is 3.